The first-order chi connectivity index (χ1) is 15.7. The van der Waals surface area contributed by atoms with Crippen molar-refractivity contribution in [1.82, 2.24) is 14.5 Å². The molecule has 0 bridgehead atoms. The van der Waals surface area contributed by atoms with Crippen LogP contribution in [0.1, 0.15) is 26.6 Å². The molecule has 3 aromatic rings. The van der Waals surface area contributed by atoms with Crippen molar-refractivity contribution in [1.29, 1.82) is 0 Å². The van der Waals surface area contributed by atoms with E-state index < -0.39 is 17.7 Å². The number of carboxylic acid groups (broad SMARTS) is 1. The number of aliphatic hydroxyl groups is 1. The number of anilines is 1. The highest BCUT2D eigenvalue weighted by Crippen LogP contribution is 2.31. The lowest BCUT2D eigenvalue weighted by Gasteiger charge is -2.20. The van der Waals surface area contributed by atoms with E-state index in [2.05, 4.69) is 10.3 Å². The molecule has 10 nitrogen and oxygen atoms in total. The fraction of sp³-hybridized carbons (Fsp3) is 0.455. The zero-order chi connectivity index (χ0) is 24.0. The van der Waals surface area contributed by atoms with Gasteiger partial charge in [-0.25, -0.2) is 14.8 Å². The number of carboxylic acids is 1. The minimum atomic E-state index is -1.01. The number of carbonyl (C=O) groups is 2. The molecule has 3 rings (SSSR count). The summed E-state index contributed by atoms with van der Waals surface area (Å²) in [6.45, 7) is 6.38. The first-order valence-corrected chi connectivity index (χ1v) is 11.7. The van der Waals surface area contributed by atoms with Crippen LogP contribution in [-0.2, 0) is 27.4 Å². The first-order valence-electron chi connectivity index (χ1n) is 10.5. The predicted octanol–water partition coefficient (Wildman–Crippen LogP) is 3.26. The quantitative estimate of drug-likeness (QED) is 0.356. The van der Waals surface area contributed by atoms with Gasteiger partial charge in [0.25, 0.3) is 0 Å². The standard InChI is InChI=1S/C22H28N4O6S/c1-4-31-11-16-24-18-19(26(16)13-22(2,3)30)14-7-5-6-8-15(14)23-20(18)25-21(29)32-9-10-33-12-17(27)28/h5-8,30H,4,9-13H2,1-3H3,(H,27,28)(H,23,25,29). The Labute approximate surface area is 195 Å². The van der Waals surface area contributed by atoms with Crippen molar-refractivity contribution in [3.8, 4) is 0 Å². The van der Waals surface area contributed by atoms with Crippen LogP contribution in [0.25, 0.3) is 21.9 Å². The second kappa shape index (κ2) is 10.8. The molecule has 11 heteroatoms. The van der Waals surface area contributed by atoms with Crippen molar-refractivity contribution in [3.63, 3.8) is 0 Å². The number of nitrogens with one attached hydrogen (secondary N) is 1. The van der Waals surface area contributed by atoms with E-state index in [0.29, 0.717) is 29.2 Å². The van der Waals surface area contributed by atoms with Crippen LogP contribution >= 0.6 is 11.8 Å². The lowest BCUT2D eigenvalue weighted by Crippen LogP contribution is -2.27. The SMILES string of the molecule is CCOCc1nc2c(NC(=O)OCCSCC(=O)O)nc3ccccc3c2n1CC(C)(C)O. The molecule has 0 spiro atoms. The number of hydrogen-bond acceptors (Lipinski definition) is 8. The predicted molar refractivity (Wildman–Crippen MR) is 127 cm³/mol. The highest BCUT2D eigenvalue weighted by molar-refractivity contribution is 7.99. The van der Waals surface area contributed by atoms with Gasteiger partial charge in [0.2, 0.25) is 0 Å². The van der Waals surface area contributed by atoms with Gasteiger partial charge in [0.05, 0.1) is 28.9 Å². The van der Waals surface area contributed by atoms with Crippen LogP contribution in [0, 0.1) is 0 Å². The van der Waals surface area contributed by atoms with Gasteiger partial charge < -0.3 is 24.3 Å². The Morgan fingerprint density at radius 2 is 2.00 bits per heavy atom. The summed E-state index contributed by atoms with van der Waals surface area (Å²) in [7, 11) is 0. The van der Waals surface area contributed by atoms with Crippen molar-refractivity contribution >= 4 is 51.6 Å². The molecule has 2 aromatic heterocycles. The van der Waals surface area contributed by atoms with Crippen LogP contribution in [0.4, 0.5) is 10.6 Å². The molecular weight excluding hydrogens is 448 g/mol. The molecule has 2 heterocycles. The van der Waals surface area contributed by atoms with Gasteiger partial charge >= 0.3 is 12.1 Å². The summed E-state index contributed by atoms with van der Waals surface area (Å²) in [6, 6.07) is 7.49. The largest absolute Gasteiger partial charge is 0.481 e. The van der Waals surface area contributed by atoms with Gasteiger partial charge in [-0.3, -0.25) is 10.1 Å². The molecular formula is C22H28N4O6S. The van der Waals surface area contributed by atoms with Crippen LogP contribution in [0.5, 0.6) is 0 Å². The molecule has 0 unspecified atom stereocenters. The normalized spacial score (nSPS) is 11.8. The molecule has 0 aliphatic carbocycles. The molecule has 0 saturated heterocycles. The van der Waals surface area contributed by atoms with Crippen molar-refractivity contribution in [2.45, 2.75) is 39.5 Å². The maximum atomic E-state index is 12.4. The number of carbonyl (C=O) groups excluding carboxylic acids is 1. The Hall–Kier alpha value is -2.89. The molecule has 0 aliphatic rings. The highest BCUT2D eigenvalue weighted by atomic mass is 32.2. The third-order valence-corrected chi connectivity index (χ3v) is 5.46. The summed E-state index contributed by atoms with van der Waals surface area (Å²) in [5.74, 6) is 0.224. The number of ether oxygens (including phenoxy) is 2. The summed E-state index contributed by atoms with van der Waals surface area (Å²) >= 11 is 1.16. The van der Waals surface area contributed by atoms with Gasteiger partial charge in [-0.2, -0.15) is 0 Å². The number of amides is 1. The fourth-order valence-corrected chi connectivity index (χ4v) is 3.84. The van der Waals surface area contributed by atoms with Crippen LogP contribution in [0.2, 0.25) is 0 Å². The van der Waals surface area contributed by atoms with Crippen LogP contribution < -0.4 is 5.32 Å². The number of fused-ring (bicyclic) bond motifs is 3. The summed E-state index contributed by atoms with van der Waals surface area (Å²) < 4.78 is 12.7. The van der Waals surface area contributed by atoms with Gasteiger partial charge in [-0.1, -0.05) is 18.2 Å². The van der Waals surface area contributed by atoms with Crippen molar-refractivity contribution in [2.75, 3.05) is 30.0 Å². The Balaban J connectivity index is 1.97. The minimum absolute atomic E-state index is 0.0565. The van der Waals surface area contributed by atoms with E-state index in [4.69, 9.17) is 19.6 Å². The Morgan fingerprint density at radius 3 is 2.70 bits per heavy atom. The molecule has 1 amide bonds. The lowest BCUT2D eigenvalue weighted by molar-refractivity contribution is -0.133. The molecule has 3 N–H and O–H groups in total. The number of rotatable bonds is 11. The maximum Gasteiger partial charge on any atom is 0.412 e. The van der Waals surface area contributed by atoms with E-state index in [0.717, 1.165) is 22.7 Å². The number of pyridine rings is 1. The summed E-state index contributed by atoms with van der Waals surface area (Å²) in [4.78, 5) is 32.2. The molecule has 178 valence electrons. The van der Waals surface area contributed by atoms with Gasteiger partial charge in [0, 0.05) is 17.7 Å². The minimum Gasteiger partial charge on any atom is -0.481 e. The van der Waals surface area contributed by atoms with Crippen molar-refractivity contribution < 1.29 is 29.3 Å². The topological polar surface area (TPSA) is 136 Å². The summed E-state index contributed by atoms with van der Waals surface area (Å²) in [5, 5.41) is 22.7. The number of thioether (sulfide) groups is 1. The number of benzene rings is 1. The zero-order valence-electron chi connectivity index (χ0n) is 18.8. The van der Waals surface area contributed by atoms with Crippen LogP contribution in [0.3, 0.4) is 0 Å². The third kappa shape index (κ3) is 6.56. The number of imidazole rings is 1. The van der Waals surface area contributed by atoms with Gasteiger partial charge in [-0.05, 0) is 26.8 Å². The Morgan fingerprint density at radius 1 is 1.24 bits per heavy atom. The van der Waals surface area contributed by atoms with E-state index in [1.165, 1.54) is 0 Å². The summed E-state index contributed by atoms with van der Waals surface area (Å²) in [5.41, 5.74) is 0.825. The van der Waals surface area contributed by atoms with E-state index in [-0.39, 0.29) is 31.3 Å². The number of para-hydroxylation sites is 1. The molecule has 0 saturated carbocycles. The fourth-order valence-electron chi connectivity index (χ4n) is 3.32. The number of aliphatic carboxylic acids is 1. The lowest BCUT2D eigenvalue weighted by atomic mass is 10.1. The second-order valence-corrected chi connectivity index (χ2v) is 9.05. The van der Waals surface area contributed by atoms with Gasteiger partial charge in [-0.15, -0.1) is 11.8 Å². The van der Waals surface area contributed by atoms with Crippen molar-refractivity contribution in [2.24, 2.45) is 0 Å². The molecule has 1 aromatic carbocycles. The Kier molecular flexibility index (Phi) is 8.11. The zero-order valence-corrected chi connectivity index (χ0v) is 19.6. The number of aromatic nitrogens is 3. The first kappa shape index (κ1) is 24.7. The number of nitrogens with zero attached hydrogens (tertiary/aromatic N) is 3. The van der Waals surface area contributed by atoms with Crippen molar-refractivity contribution in [3.05, 3.63) is 30.1 Å². The molecule has 0 atom stereocenters. The van der Waals surface area contributed by atoms with E-state index in [9.17, 15) is 14.7 Å². The van der Waals surface area contributed by atoms with E-state index >= 15 is 0 Å². The smallest absolute Gasteiger partial charge is 0.412 e. The van der Waals surface area contributed by atoms with E-state index in [1.54, 1.807) is 13.8 Å². The summed E-state index contributed by atoms with van der Waals surface area (Å²) in [6.07, 6.45) is -0.710. The maximum absolute atomic E-state index is 12.4. The molecule has 0 aliphatic heterocycles. The monoisotopic (exact) mass is 476 g/mol. The van der Waals surface area contributed by atoms with Gasteiger partial charge in [0.1, 0.15) is 24.6 Å². The van der Waals surface area contributed by atoms with Gasteiger partial charge in [0.15, 0.2) is 5.82 Å². The average Bonchev–Trinajstić information content (AvgIpc) is 3.09. The van der Waals surface area contributed by atoms with Crippen LogP contribution in [0.15, 0.2) is 24.3 Å². The Bertz CT molecular complexity index is 1140. The second-order valence-electron chi connectivity index (χ2n) is 7.95. The third-order valence-electron chi connectivity index (χ3n) is 4.55. The molecule has 33 heavy (non-hydrogen) atoms. The van der Waals surface area contributed by atoms with E-state index in [1.807, 2.05) is 35.8 Å². The average molecular weight is 477 g/mol. The molecule has 0 radical (unpaired) electrons. The molecule has 0 fully saturated rings. The highest BCUT2D eigenvalue weighted by Gasteiger charge is 2.24. The number of hydrogen-bond donors (Lipinski definition) is 3. The van der Waals surface area contributed by atoms with Crippen LogP contribution in [-0.4, -0.2) is 67.1 Å².